The number of ether oxygens (including phenoxy) is 2. The second-order valence-electron chi connectivity index (χ2n) is 4.92. The van der Waals surface area contributed by atoms with Crippen molar-refractivity contribution in [1.82, 2.24) is 0 Å². The van der Waals surface area contributed by atoms with Gasteiger partial charge in [0.05, 0.1) is 12.2 Å². The Morgan fingerprint density at radius 3 is 2.64 bits per heavy atom. The third kappa shape index (κ3) is 3.24. The van der Waals surface area contributed by atoms with Gasteiger partial charge in [0.25, 0.3) is 0 Å². The smallest absolute Gasteiger partial charge is 0.430 e. The standard InChI is InChI=1S/C15H15F3O4/c1-3-21-7-10-5-8(2)4-9-6-11(14(19)20)13(15(16,17)18)22-12(9)10/h4-6,13H,3,7H2,1-2H3,(H,19,20). The van der Waals surface area contributed by atoms with E-state index in [0.29, 0.717) is 17.7 Å². The molecule has 1 aliphatic heterocycles. The van der Waals surface area contributed by atoms with E-state index in [-0.39, 0.29) is 12.4 Å². The Bertz CT molecular complexity index is 620. The number of fused-ring (bicyclic) bond motifs is 1. The van der Waals surface area contributed by atoms with Crippen molar-refractivity contribution in [2.45, 2.75) is 32.7 Å². The van der Waals surface area contributed by atoms with Crippen LogP contribution < -0.4 is 4.74 Å². The quantitative estimate of drug-likeness (QED) is 0.926. The second-order valence-corrected chi connectivity index (χ2v) is 4.92. The summed E-state index contributed by atoms with van der Waals surface area (Å²) in [6, 6.07) is 3.25. The van der Waals surface area contributed by atoms with Gasteiger partial charge in [-0.25, -0.2) is 4.79 Å². The number of rotatable bonds is 4. The molecule has 0 saturated carbocycles. The first-order chi connectivity index (χ1) is 10.2. The lowest BCUT2D eigenvalue weighted by atomic mass is 9.97. The first kappa shape index (κ1) is 16.4. The summed E-state index contributed by atoms with van der Waals surface area (Å²) in [5.74, 6) is -1.63. The topological polar surface area (TPSA) is 55.8 Å². The lowest BCUT2D eigenvalue weighted by Gasteiger charge is -2.28. The highest BCUT2D eigenvalue weighted by atomic mass is 19.4. The number of carbonyl (C=O) groups is 1. The first-order valence-corrected chi connectivity index (χ1v) is 6.63. The van der Waals surface area contributed by atoms with E-state index in [1.807, 2.05) is 0 Å². The Morgan fingerprint density at radius 1 is 1.41 bits per heavy atom. The lowest BCUT2D eigenvalue weighted by Crippen LogP contribution is -2.40. The van der Waals surface area contributed by atoms with Gasteiger partial charge in [-0.1, -0.05) is 6.07 Å². The number of carboxylic acid groups (broad SMARTS) is 1. The van der Waals surface area contributed by atoms with Crippen LogP contribution in [0.2, 0.25) is 0 Å². The van der Waals surface area contributed by atoms with Crippen LogP contribution in [0.15, 0.2) is 17.7 Å². The number of aryl methyl sites for hydroxylation is 1. The Kier molecular flexibility index (Phi) is 4.46. The lowest BCUT2D eigenvalue weighted by molar-refractivity contribution is -0.187. The van der Waals surface area contributed by atoms with Crippen molar-refractivity contribution in [3.63, 3.8) is 0 Å². The van der Waals surface area contributed by atoms with Gasteiger partial charge in [0.2, 0.25) is 6.10 Å². The predicted molar refractivity (Wildman–Crippen MR) is 72.6 cm³/mol. The zero-order valence-electron chi connectivity index (χ0n) is 12.0. The fourth-order valence-electron chi connectivity index (χ4n) is 2.29. The number of alkyl halides is 3. The summed E-state index contributed by atoms with van der Waals surface area (Å²) in [5, 5.41) is 9.00. The molecule has 0 aromatic heterocycles. The van der Waals surface area contributed by atoms with E-state index >= 15 is 0 Å². The van der Waals surface area contributed by atoms with Crippen molar-refractivity contribution in [3.05, 3.63) is 34.4 Å². The van der Waals surface area contributed by atoms with Gasteiger partial charge in [-0.3, -0.25) is 0 Å². The number of hydrogen-bond acceptors (Lipinski definition) is 3. The molecule has 0 radical (unpaired) electrons. The van der Waals surface area contributed by atoms with Crippen molar-refractivity contribution in [2.75, 3.05) is 6.61 Å². The van der Waals surface area contributed by atoms with Crippen LogP contribution in [0, 0.1) is 6.92 Å². The summed E-state index contributed by atoms with van der Waals surface area (Å²) in [6.07, 6.45) is -6.28. The van der Waals surface area contributed by atoms with Crippen LogP contribution in [0.4, 0.5) is 13.2 Å². The highest BCUT2D eigenvalue weighted by Gasteiger charge is 2.48. The average Bonchev–Trinajstić information content (AvgIpc) is 2.42. The number of hydrogen-bond donors (Lipinski definition) is 1. The number of carboxylic acids is 1. The summed E-state index contributed by atoms with van der Waals surface area (Å²) < 4.78 is 49.4. The third-order valence-corrected chi connectivity index (χ3v) is 3.17. The molecule has 0 saturated heterocycles. The van der Waals surface area contributed by atoms with E-state index in [1.54, 1.807) is 26.0 Å². The molecule has 7 heteroatoms. The highest BCUT2D eigenvalue weighted by molar-refractivity contribution is 5.95. The minimum absolute atomic E-state index is 0.0198. The molecule has 0 spiro atoms. The van der Waals surface area contributed by atoms with Gasteiger partial charge in [0, 0.05) is 17.7 Å². The number of benzene rings is 1. The fraction of sp³-hybridized carbons (Fsp3) is 0.400. The van der Waals surface area contributed by atoms with Crippen LogP contribution in [0.25, 0.3) is 6.08 Å². The molecule has 1 unspecified atom stereocenters. The summed E-state index contributed by atoms with van der Waals surface area (Å²) in [5.41, 5.74) is 0.732. The summed E-state index contributed by atoms with van der Waals surface area (Å²) in [4.78, 5) is 11.1. The summed E-state index contributed by atoms with van der Waals surface area (Å²) in [7, 11) is 0. The zero-order chi connectivity index (χ0) is 16.5. The molecule has 0 aliphatic carbocycles. The van der Waals surface area contributed by atoms with E-state index in [1.165, 1.54) is 0 Å². The van der Waals surface area contributed by atoms with Crippen LogP contribution in [-0.4, -0.2) is 30.0 Å². The normalized spacial score (nSPS) is 17.5. The molecule has 1 heterocycles. The van der Waals surface area contributed by atoms with Gasteiger partial charge in [-0.05, 0) is 31.6 Å². The molecular formula is C15H15F3O4. The molecule has 2 rings (SSSR count). The molecular weight excluding hydrogens is 301 g/mol. The average molecular weight is 316 g/mol. The van der Waals surface area contributed by atoms with Gasteiger partial charge >= 0.3 is 12.1 Å². The van der Waals surface area contributed by atoms with Gasteiger partial charge in [-0.15, -0.1) is 0 Å². The zero-order valence-corrected chi connectivity index (χ0v) is 12.0. The largest absolute Gasteiger partial charge is 0.478 e. The predicted octanol–water partition coefficient (Wildman–Crippen LogP) is 3.32. The van der Waals surface area contributed by atoms with Crippen molar-refractivity contribution in [2.24, 2.45) is 0 Å². The van der Waals surface area contributed by atoms with Crippen LogP contribution >= 0.6 is 0 Å². The van der Waals surface area contributed by atoms with Crippen LogP contribution in [0.3, 0.4) is 0 Å². The highest BCUT2D eigenvalue weighted by Crippen LogP contribution is 2.39. The molecule has 1 aromatic rings. The van der Waals surface area contributed by atoms with Crippen molar-refractivity contribution in [1.29, 1.82) is 0 Å². The van der Waals surface area contributed by atoms with Gasteiger partial charge < -0.3 is 14.6 Å². The molecule has 1 aromatic carbocycles. The molecule has 1 atom stereocenters. The third-order valence-electron chi connectivity index (χ3n) is 3.17. The van der Waals surface area contributed by atoms with E-state index in [2.05, 4.69) is 0 Å². The van der Waals surface area contributed by atoms with Crippen LogP contribution in [0.5, 0.6) is 5.75 Å². The minimum Gasteiger partial charge on any atom is -0.478 e. The van der Waals surface area contributed by atoms with Gasteiger partial charge in [0.15, 0.2) is 0 Å². The number of aliphatic carboxylic acids is 1. The maximum atomic E-state index is 13.0. The first-order valence-electron chi connectivity index (χ1n) is 6.63. The molecule has 0 bridgehead atoms. The van der Waals surface area contributed by atoms with Crippen molar-refractivity contribution < 1.29 is 32.5 Å². The van der Waals surface area contributed by atoms with Crippen LogP contribution in [-0.2, 0) is 16.1 Å². The SMILES string of the molecule is CCOCc1cc(C)cc2c1OC(C(F)(F)F)C(C(=O)O)=C2. The Balaban J connectivity index is 2.54. The van der Waals surface area contributed by atoms with E-state index in [0.717, 1.165) is 11.6 Å². The van der Waals surface area contributed by atoms with E-state index < -0.39 is 23.8 Å². The summed E-state index contributed by atoms with van der Waals surface area (Å²) >= 11 is 0. The molecule has 1 N–H and O–H groups in total. The molecule has 1 aliphatic rings. The summed E-state index contributed by atoms with van der Waals surface area (Å²) in [6.45, 7) is 4.03. The molecule has 120 valence electrons. The second kappa shape index (κ2) is 6.00. The Morgan fingerprint density at radius 2 is 2.09 bits per heavy atom. The Hall–Kier alpha value is -2.02. The van der Waals surface area contributed by atoms with Crippen molar-refractivity contribution >= 4 is 12.0 Å². The fourth-order valence-corrected chi connectivity index (χ4v) is 2.29. The number of halogens is 3. The molecule has 4 nitrogen and oxygen atoms in total. The van der Waals surface area contributed by atoms with Gasteiger partial charge in [0.1, 0.15) is 5.75 Å². The van der Waals surface area contributed by atoms with E-state index in [4.69, 9.17) is 14.6 Å². The maximum absolute atomic E-state index is 13.0. The molecule has 0 amide bonds. The molecule has 22 heavy (non-hydrogen) atoms. The molecule has 0 fully saturated rings. The van der Waals surface area contributed by atoms with E-state index in [9.17, 15) is 18.0 Å². The minimum atomic E-state index is -4.81. The van der Waals surface area contributed by atoms with Gasteiger partial charge in [-0.2, -0.15) is 13.2 Å². The maximum Gasteiger partial charge on any atom is 0.430 e. The van der Waals surface area contributed by atoms with Crippen molar-refractivity contribution in [3.8, 4) is 5.75 Å². The Labute approximate surface area is 125 Å². The van der Waals surface area contributed by atoms with Crippen LogP contribution in [0.1, 0.15) is 23.6 Å². The monoisotopic (exact) mass is 316 g/mol.